The van der Waals surface area contributed by atoms with Gasteiger partial charge in [0, 0.05) is 30.1 Å². The van der Waals surface area contributed by atoms with Crippen LogP contribution >= 0.6 is 0 Å². The number of benzene rings is 1. The van der Waals surface area contributed by atoms with Crippen LogP contribution in [0, 0.1) is 13.8 Å². The molecule has 6 heteroatoms. The summed E-state index contributed by atoms with van der Waals surface area (Å²) in [6, 6.07) is 6.60. The average Bonchev–Trinajstić information content (AvgIpc) is 3.11. The number of aromatic nitrogens is 1. The topological polar surface area (TPSA) is 79.7 Å². The lowest BCUT2D eigenvalue weighted by Gasteiger charge is -2.22. The fraction of sp³-hybridized carbons (Fsp3) is 0.350. The molecule has 0 aliphatic carbocycles. The fourth-order valence-electron chi connectivity index (χ4n) is 3.37. The summed E-state index contributed by atoms with van der Waals surface area (Å²) >= 11 is 0. The van der Waals surface area contributed by atoms with Crippen molar-refractivity contribution in [2.45, 2.75) is 39.3 Å². The highest BCUT2D eigenvalue weighted by Gasteiger charge is 2.34. The van der Waals surface area contributed by atoms with E-state index < -0.39 is 12.0 Å². The second-order valence-corrected chi connectivity index (χ2v) is 6.58. The number of hydrogen-bond donors (Lipinski definition) is 1. The lowest BCUT2D eigenvalue weighted by molar-refractivity contribution is -0.141. The second kappa shape index (κ2) is 7.56. The lowest BCUT2D eigenvalue weighted by atomic mass is 10.0. The summed E-state index contributed by atoms with van der Waals surface area (Å²) < 4.78 is 5.91. The van der Waals surface area contributed by atoms with Crippen LogP contribution in [0.3, 0.4) is 0 Å². The molecule has 0 saturated carbocycles. The summed E-state index contributed by atoms with van der Waals surface area (Å²) in [5, 5.41) is 9.29. The van der Waals surface area contributed by atoms with Gasteiger partial charge >= 0.3 is 5.97 Å². The zero-order valence-corrected chi connectivity index (χ0v) is 14.9. The molecule has 26 heavy (non-hydrogen) atoms. The number of pyridine rings is 1. The second-order valence-electron chi connectivity index (χ2n) is 6.58. The Kier molecular flexibility index (Phi) is 5.21. The first-order valence-corrected chi connectivity index (χ1v) is 8.64. The van der Waals surface area contributed by atoms with Gasteiger partial charge in [-0.1, -0.05) is 6.07 Å². The molecular formula is C20H22N2O4. The number of carboxylic acid groups (broad SMARTS) is 1. The lowest BCUT2D eigenvalue weighted by Crippen LogP contribution is -2.40. The maximum absolute atomic E-state index is 12.8. The Hall–Kier alpha value is -2.89. The third kappa shape index (κ3) is 3.69. The van der Waals surface area contributed by atoms with Crippen molar-refractivity contribution in [3.63, 3.8) is 0 Å². The molecule has 2 aromatic rings. The number of carbonyl (C=O) groups is 2. The zero-order chi connectivity index (χ0) is 18.7. The van der Waals surface area contributed by atoms with Crippen molar-refractivity contribution in [3.05, 3.63) is 58.9 Å². The molecule has 0 bridgehead atoms. The van der Waals surface area contributed by atoms with Crippen molar-refractivity contribution in [1.29, 1.82) is 0 Å². The Morgan fingerprint density at radius 1 is 1.31 bits per heavy atom. The highest BCUT2D eigenvalue weighted by atomic mass is 16.5. The van der Waals surface area contributed by atoms with E-state index in [1.54, 1.807) is 24.5 Å². The summed E-state index contributed by atoms with van der Waals surface area (Å²) in [4.78, 5) is 29.6. The Bertz CT molecular complexity index is 797. The summed E-state index contributed by atoms with van der Waals surface area (Å²) in [5.74, 6) is -0.442. The molecular weight excluding hydrogens is 332 g/mol. The quantitative estimate of drug-likeness (QED) is 0.893. The van der Waals surface area contributed by atoms with Crippen molar-refractivity contribution >= 4 is 11.9 Å². The normalized spacial score (nSPS) is 16.5. The van der Waals surface area contributed by atoms with E-state index in [-0.39, 0.29) is 5.91 Å². The average molecular weight is 354 g/mol. The highest BCUT2D eigenvalue weighted by molar-refractivity contribution is 5.97. The highest BCUT2D eigenvalue weighted by Crippen LogP contribution is 2.28. The van der Waals surface area contributed by atoms with Gasteiger partial charge in [0.1, 0.15) is 18.4 Å². The number of hydrogen-bond acceptors (Lipinski definition) is 4. The number of carbonyl (C=O) groups excluding carboxylic acids is 1. The SMILES string of the molecule is Cc1cc(C(=O)N2CCC[C@H]2C(=O)O)cc(C)c1OCc1cccnc1. The number of ether oxygens (including phenoxy) is 1. The molecule has 0 spiro atoms. The maximum Gasteiger partial charge on any atom is 0.326 e. The minimum atomic E-state index is -0.944. The van der Waals surface area contributed by atoms with Gasteiger partial charge in [-0.05, 0) is 56.0 Å². The Morgan fingerprint density at radius 3 is 2.65 bits per heavy atom. The van der Waals surface area contributed by atoms with E-state index >= 15 is 0 Å². The monoisotopic (exact) mass is 354 g/mol. The van der Waals surface area contributed by atoms with Crippen molar-refractivity contribution in [2.75, 3.05) is 6.54 Å². The van der Waals surface area contributed by atoms with E-state index in [1.807, 2.05) is 26.0 Å². The number of likely N-dealkylation sites (tertiary alicyclic amines) is 1. The van der Waals surface area contributed by atoms with E-state index in [9.17, 15) is 14.7 Å². The number of rotatable bonds is 5. The molecule has 1 aliphatic heterocycles. The molecule has 3 rings (SSSR count). The third-order valence-electron chi connectivity index (χ3n) is 4.61. The molecule has 1 amide bonds. The van der Waals surface area contributed by atoms with Crippen LogP contribution in [-0.4, -0.2) is 39.5 Å². The van der Waals surface area contributed by atoms with E-state index in [0.29, 0.717) is 31.6 Å². The van der Waals surface area contributed by atoms with Crippen LogP contribution in [0.1, 0.15) is 39.9 Å². The molecule has 1 saturated heterocycles. The molecule has 136 valence electrons. The summed E-state index contributed by atoms with van der Waals surface area (Å²) in [5.41, 5.74) is 3.17. The van der Waals surface area contributed by atoms with Gasteiger partial charge in [-0.2, -0.15) is 0 Å². The minimum Gasteiger partial charge on any atom is -0.488 e. The number of carboxylic acids is 1. The summed E-state index contributed by atoms with van der Waals surface area (Å²) in [6.07, 6.45) is 4.68. The summed E-state index contributed by atoms with van der Waals surface area (Å²) in [6.45, 7) is 4.66. The van der Waals surface area contributed by atoms with Gasteiger partial charge < -0.3 is 14.7 Å². The van der Waals surface area contributed by atoms with Gasteiger partial charge in [0.2, 0.25) is 0 Å². The molecule has 6 nitrogen and oxygen atoms in total. The first-order chi connectivity index (χ1) is 12.5. The third-order valence-corrected chi connectivity index (χ3v) is 4.61. The van der Waals surface area contributed by atoms with E-state index in [4.69, 9.17) is 4.74 Å². The van der Waals surface area contributed by atoms with Crippen LogP contribution in [0.5, 0.6) is 5.75 Å². The first-order valence-electron chi connectivity index (χ1n) is 8.64. The van der Waals surface area contributed by atoms with E-state index in [0.717, 1.165) is 22.4 Å². The maximum atomic E-state index is 12.8. The molecule has 1 aliphatic rings. The van der Waals surface area contributed by atoms with Crippen LogP contribution in [0.15, 0.2) is 36.7 Å². The van der Waals surface area contributed by atoms with Crippen molar-refractivity contribution in [1.82, 2.24) is 9.88 Å². The molecule has 0 radical (unpaired) electrons. The largest absolute Gasteiger partial charge is 0.488 e. The van der Waals surface area contributed by atoms with Gasteiger partial charge in [0.05, 0.1) is 0 Å². The standard InChI is InChI=1S/C20H22N2O4/c1-13-9-16(19(23)22-8-4-6-17(22)20(24)25)10-14(2)18(13)26-12-15-5-3-7-21-11-15/h3,5,7,9-11,17H,4,6,8,12H2,1-2H3,(H,24,25)/t17-/m0/s1. The predicted octanol–water partition coefficient (Wildman–Crippen LogP) is 2.97. The van der Waals surface area contributed by atoms with Crippen LogP contribution in [0.2, 0.25) is 0 Å². The molecule has 1 aromatic heterocycles. The predicted molar refractivity (Wildman–Crippen MR) is 96.2 cm³/mol. The van der Waals surface area contributed by atoms with Crippen LogP contribution in [0.4, 0.5) is 0 Å². The smallest absolute Gasteiger partial charge is 0.326 e. The fourth-order valence-corrected chi connectivity index (χ4v) is 3.37. The zero-order valence-electron chi connectivity index (χ0n) is 14.9. The van der Waals surface area contributed by atoms with Crippen LogP contribution in [-0.2, 0) is 11.4 Å². The molecule has 1 aromatic carbocycles. The van der Waals surface area contributed by atoms with Crippen molar-refractivity contribution in [2.24, 2.45) is 0 Å². The van der Waals surface area contributed by atoms with Gasteiger partial charge in [-0.3, -0.25) is 9.78 Å². The Morgan fingerprint density at radius 2 is 2.04 bits per heavy atom. The molecule has 1 atom stereocenters. The van der Waals surface area contributed by atoms with Crippen LogP contribution in [0.25, 0.3) is 0 Å². The minimum absolute atomic E-state index is 0.236. The van der Waals surface area contributed by atoms with Crippen molar-refractivity contribution in [3.8, 4) is 5.75 Å². The Balaban J connectivity index is 1.78. The van der Waals surface area contributed by atoms with Crippen molar-refractivity contribution < 1.29 is 19.4 Å². The van der Waals surface area contributed by atoms with E-state index in [1.165, 1.54) is 4.90 Å². The number of aryl methyl sites for hydroxylation is 2. The van der Waals surface area contributed by atoms with Gasteiger partial charge in [0.15, 0.2) is 0 Å². The molecule has 0 unspecified atom stereocenters. The number of amides is 1. The first kappa shape index (κ1) is 17.9. The number of aliphatic carboxylic acids is 1. The Labute approximate surface area is 152 Å². The molecule has 2 heterocycles. The van der Waals surface area contributed by atoms with Crippen LogP contribution < -0.4 is 4.74 Å². The van der Waals surface area contributed by atoms with Gasteiger partial charge in [-0.15, -0.1) is 0 Å². The molecule has 1 fully saturated rings. The summed E-state index contributed by atoms with van der Waals surface area (Å²) in [7, 11) is 0. The molecule has 1 N–H and O–H groups in total. The van der Waals surface area contributed by atoms with Gasteiger partial charge in [0.25, 0.3) is 5.91 Å². The number of nitrogens with zero attached hydrogens (tertiary/aromatic N) is 2. The van der Waals surface area contributed by atoms with E-state index in [2.05, 4.69) is 4.98 Å². The van der Waals surface area contributed by atoms with Gasteiger partial charge in [-0.25, -0.2) is 4.79 Å².